The lowest BCUT2D eigenvalue weighted by molar-refractivity contribution is -0.384. The number of anilines is 2. The molecule has 0 unspecified atom stereocenters. The first-order chi connectivity index (χ1) is 16.0. The number of hydrogen-bond donors (Lipinski definition) is 0. The lowest BCUT2D eigenvalue weighted by Crippen LogP contribution is -2.52. The van der Waals surface area contributed by atoms with Crippen molar-refractivity contribution in [1.29, 1.82) is 0 Å². The summed E-state index contributed by atoms with van der Waals surface area (Å²) in [6.45, 7) is 4.00. The first-order valence-corrected chi connectivity index (χ1v) is 11.2. The average Bonchev–Trinajstić information content (AvgIpc) is 3.25. The van der Waals surface area contributed by atoms with Crippen molar-refractivity contribution in [3.63, 3.8) is 0 Å². The molecule has 5 rings (SSSR count). The molecular formula is C22H26N8O3. The fourth-order valence-corrected chi connectivity index (χ4v) is 4.85. The molecule has 0 aliphatic carbocycles. The molecule has 0 N–H and O–H groups in total. The number of aryl methyl sites for hydroxylation is 1. The third-order valence-corrected chi connectivity index (χ3v) is 6.66. The molecule has 4 heterocycles. The van der Waals surface area contributed by atoms with E-state index in [9.17, 15) is 14.9 Å². The van der Waals surface area contributed by atoms with Crippen LogP contribution in [0, 0.1) is 16.0 Å². The Morgan fingerprint density at radius 3 is 2.48 bits per heavy atom. The van der Waals surface area contributed by atoms with E-state index in [1.165, 1.54) is 6.07 Å². The molecular weight excluding hydrogens is 424 g/mol. The molecule has 1 amide bonds. The van der Waals surface area contributed by atoms with Gasteiger partial charge in [-0.05, 0) is 18.9 Å². The maximum absolute atomic E-state index is 13.2. The molecule has 3 aromatic rings. The summed E-state index contributed by atoms with van der Waals surface area (Å²) in [7, 11) is 1.86. The number of para-hydroxylation sites is 2. The zero-order valence-electron chi connectivity index (χ0n) is 18.5. The van der Waals surface area contributed by atoms with Gasteiger partial charge in [0.1, 0.15) is 17.8 Å². The van der Waals surface area contributed by atoms with Gasteiger partial charge in [0.05, 0.1) is 16.5 Å². The number of piperazine rings is 1. The van der Waals surface area contributed by atoms with E-state index in [2.05, 4.69) is 20.0 Å². The van der Waals surface area contributed by atoms with Crippen LogP contribution in [0.3, 0.4) is 0 Å². The van der Waals surface area contributed by atoms with Gasteiger partial charge >= 0.3 is 0 Å². The lowest BCUT2D eigenvalue weighted by atomic mass is 9.94. The van der Waals surface area contributed by atoms with Gasteiger partial charge in [-0.1, -0.05) is 12.1 Å². The number of nitrogens with zero attached hydrogens (tertiary/aromatic N) is 8. The van der Waals surface area contributed by atoms with E-state index >= 15 is 0 Å². The molecule has 11 heteroatoms. The molecule has 1 aromatic carbocycles. The number of piperidine rings is 1. The number of amides is 1. The Kier molecular flexibility index (Phi) is 5.53. The van der Waals surface area contributed by atoms with Gasteiger partial charge in [0.2, 0.25) is 5.91 Å². The fraction of sp³-hybridized carbons (Fsp3) is 0.455. The van der Waals surface area contributed by atoms with Crippen LogP contribution in [0.25, 0.3) is 11.0 Å². The monoisotopic (exact) mass is 450 g/mol. The normalized spacial score (nSPS) is 17.5. The Morgan fingerprint density at radius 2 is 1.76 bits per heavy atom. The van der Waals surface area contributed by atoms with Gasteiger partial charge in [-0.25, -0.2) is 9.97 Å². The Hall–Kier alpha value is -3.76. The molecule has 2 aliphatic heterocycles. The smallest absolute Gasteiger partial charge is 0.292 e. The van der Waals surface area contributed by atoms with Crippen LogP contribution in [-0.4, -0.2) is 74.7 Å². The predicted molar refractivity (Wildman–Crippen MR) is 123 cm³/mol. The summed E-state index contributed by atoms with van der Waals surface area (Å²) < 4.78 is 1.73. The van der Waals surface area contributed by atoms with Gasteiger partial charge < -0.3 is 14.7 Å². The number of fused-ring (bicyclic) bond motifs is 1. The Labute approximate surface area is 190 Å². The minimum atomic E-state index is -0.344. The molecule has 0 spiro atoms. The van der Waals surface area contributed by atoms with Gasteiger partial charge in [0, 0.05) is 58.3 Å². The average molecular weight is 451 g/mol. The number of carbonyl (C=O) groups excluding carboxylic acids is 1. The van der Waals surface area contributed by atoms with Gasteiger partial charge in [-0.15, -0.1) is 0 Å². The largest absolute Gasteiger partial charge is 0.366 e. The maximum Gasteiger partial charge on any atom is 0.292 e. The second kappa shape index (κ2) is 8.64. The summed E-state index contributed by atoms with van der Waals surface area (Å²) in [5, 5.41) is 16.5. The van der Waals surface area contributed by atoms with E-state index in [4.69, 9.17) is 0 Å². The highest BCUT2D eigenvalue weighted by Gasteiger charge is 2.32. The number of aromatic nitrogens is 4. The third kappa shape index (κ3) is 3.94. The van der Waals surface area contributed by atoms with Crippen molar-refractivity contribution in [2.24, 2.45) is 13.0 Å². The van der Waals surface area contributed by atoms with Crippen molar-refractivity contribution < 1.29 is 9.72 Å². The van der Waals surface area contributed by atoms with Crippen LogP contribution in [0.2, 0.25) is 0 Å². The molecule has 2 saturated heterocycles. The maximum atomic E-state index is 13.2. The van der Waals surface area contributed by atoms with Crippen LogP contribution in [0.1, 0.15) is 12.8 Å². The van der Waals surface area contributed by atoms with E-state index in [-0.39, 0.29) is 22.4 Å². The second-order valence-electron chi connectivity index (χ2n) is 8.52. The van der Waals surface area contributed by atoms with Crippen LogP contribution < -0.4 is 9.80 Å². The van der Waals surface area contributed by atoms with Gasteiger partial charge in [-0.3, -0.25) is 19.6 Å². The van der Waals surface area contributed by atoms with Crippen LogP contribution in [-0.2, 0) is 11.8 Å². The number of hydrogen-bond acceptors (Lipinski definition) is 8. The zero-order chi connectivity index (χ0) is 22.9. The standard InChI is InChI=1S/C22H26N8O3/c1-26-20-17(14-25-26)21(24-15-23-20)28-10-12-29(13-11-28)22(31)16-6-8-27(9-7-16)18-4-2-3-5-19(18)30(32)33/h2-5,14-16H,6-13H2,1H3. The van der Waals surface area contributed by atoms with Crippen molar-refractivity contribution in [2.45, 2.75) is 12.8 Å². The Morgan fingerprint density at radius 1 is 1.03 bits per heavy atom. The first kappa shape index (κ1) is 21.1. The first-order valence-electron chi connectivity index (χ1n) is 11.2. The molecule has 0 bridgehead atoms. The van der Waals surface area contributed by atoms with Crippen LogP contribution in [0.4, 0.5) is 17.2 Å². The summed E-state index contributed by atoms with van der Waals surface area (Å²) in [6.07, 6.45) is 4.75. The summed E-state index contributed by atoms with van der Waals surface area (Å²) in [5.41, 5.74) is 1.54. The molecule has 0 saturated carbocycles. The third-order valence-electron chi connectivity index (χ3n) is 6.66. The lowest BCUT2D eigenvalue weighted by Gasteiger charge is -2.39. The fourth-order valence-electron chi connectivity index (χ4n) is 4.85. The van der Waals surface area contributed by atoms with Gasteiger partial charge in [0.25, 0.3) is 5.69 Å². The predicted octanol–water partition coefficient (Wildman–Crippen LogP) is 1.84. The highest BCUT2D eigenvalue weighted by molar-refractivity contribution is 5.87. The van der Waals surface area contributed by atoms with Gasteiger partial charge in [0.15, 0.2) is 5.65 Å². The second-order valence-corrected chi connectivity index (χ2v) is 8.52. The Balaban J connectivity index is 1.19. The van der Waals surface area contributed by atoms with Crippen molar-refractivity contribution >= 4 is 34.1 Å². The summed E-state index contributed by atoms with van der Waals surface area (Å²) in [5.74, 6) is 1.00. The zero-order valence-corrected chi connectivity index (χ0v) is 18.5. The number of rotatable bonds is 4. The minimum absolute atomic E-state index is 0.0420. The Bertz CT molecular complexity index is 1180. The quantitative estimate of drug-likeness (QED) is 0.437. The number of nitro groups is 1. The molecule has 33 heavy (non-hydrogen) atoms. The summed E-state index contributed by atoms with van der Waals surface area (Å²) >= 11 is 0. The van der Waals surface area contributed by atoms with E-state index in [0.717, 1.165) is 16.9 Å². The van der Waals surface area contributed by atoms with E-state index in [1.54, 1.807) is 29.3 Å². The minimum Gasteiger partial charge on any atom is -0.366 e. The van der Waals surface area contributed by atoms with Crippen molar-refractivity contribution in [3.05, 3.63) is 46.9 Å². The van der Waals surface area contributed by atoms with Gasteiger partial charge in [-0.2, -0.15) is 5.10 Å². The summed E-state index contributed by atoms with van der Waals surface area (Å²) in [4.78, 5) is 39.1. The molecule has 0 atom stereocenters. The molecule has 172 valence electrons. The SMILES string of the molecule is Cn1ncc2c(N3CCN(C(=O)C4CCN(c5ccccc5[N+](=O)[O-])CC4)CC3)ncnc21. The van der Waals surface area contributed by atoms with E-state index in [1.807, 2.05) is 22.9 Å². The van der Waals surface area contributed by atoms with Crippen molar-refractivity contribution in [2.75, 3.05) is 49.1 Å². The summed E-state index contributed by atoms with van der Waals surface area (Å²) in [6, 6.07) is 6.81. The molecule has 11 nitrogen and oxygen atoms in total. The highest BCUT2D eigenvalue weighted by Crippen LogP contribution is 2.32. The van der Waals surface area contributed by atoms with Crippen LogP contribution >= 0.6 is 0 Å². The number of carbonyl (C=O) groups is 1. The van der Waals surface area contributed by atoms with Crippen molar-refractivity contribution in [3.8, 4) is 0 Å². The highest BCUT2D eigenvalue weighted by atomic mass is 16.6. The molecule has 0 radical (unpaired) electrons. The van der Waals surface area contributed by atoms with E-state index in [0.29, 0.717) is 57.8 Å². The topological polar surface area (TPSA) is 114 Å². The number of benzene rings is 1. The molecule has 2 fully saturated rings. The number of nitro benzene ring substituents is 1. The van der Waals surface area contributed by atoms with Crippen LogP contribution in [0.15, 0.2) is 36.8 Å². The van der Waals surface area contributed by atoms with Crippen LogP contribution in [0.5, 0.6) is 0 Å². The van der Waals surface area contributed by atoms with Crippen molar-refractivity contribution in [1.82, 2.24) is 24.6 Å². The molecule has 2 aromatic heterocycles. The van der Waals surface area contributed by atoms with E-state index < -0.39 is 0 Å². The molecule has 2 aliphatic rings.